The first-order chi connectivity index (χ1) is 3.50. The molecule has 1 aliphatic heterocycles. The Hall–Kier alpha value is 1.63. The summed E-state index contributed by atoms with van der Waals surface area (Å²) in [5, 5.41) is 0. The monoisotopic (exact) mass is 284 g/mol. The molecule has 1 nitrogen and oxygen atoms in total. The molecule has 0 unspecified atom stereocenters. The van der Waals surface area contributed by atoms with E-state index in [0.717, 1.165) is 13.2 Å². The zero-order valence-electron chi connectivity index (χ0n) is 4.46. The average Bonchev–Trinajstić information content (AvgIpc) is 1.95. The molecular weight excluding hydrogens is 277 g/mol. The van der Waals surface area contributed by atoms with Gasteiger partial charge in [-0.05, 0) is 0 Å². The summed E-state index contributed by atoms with van der Waals surface area (Å²) in [5.41, 5.74) is 0. The van der Waals surface area contributed by atoms with E-state index < -0.39 is 15.0 Å². The van der Waals surface area contributed by atoms with Gasteiger partial charge in [-0.1, -0.05) is 0 Å². The number of rotatable bonds is 0. The molecule has 0 atom stereocenters. The fourth-order valence-electron chi connectivity index (χ4n) is 0. The van der Waals surface area contributed by atoms with Gasteiger partial charge in [0, 0.05) is 0 Å². The van der Waals surface area contributed by atoms with Crippen molar-refractivity contribution < 1.29 is 4.74 Å². The molecule has 1 saturated heterocycles. The van der Waals surface area contributed by atoms with E-state index in [2.05, 4.69) is 4.74 Å². The molecule has 50 valence electrons. The Bertz CT molecular complexity index is 51.3. The van der Waals surface area contributed by atoms with Gasteiger partial charge >= 0.3 is 46.7 Å². The Morgan fingerprint density at radius 2 is 1.38 bits per heavy atom. The van der Waals surface area contributed by atoms with Crippen LogP contribution >= 0.6 is 26.8 Å². The summed E-state index contributed by atoms with van der Waals surface area (Å²) in [6.07, 6.45) is 0. The Labute approximate surface area is 64.3 Å². The van der Waals surface area contributed by atoms with Gasteiger partial charge < -0.3 is 4.74 Å². The van der Waals surface area contributed by atoms with E-state index >= 15 is 0 Å². The van der Waals surface area contributed by atoms with Crippen LogP contribution in [-0.4, -0.2) is 28.2 Å². The van der Waals surface area contributed by atoms with Crippen LogP contribution in [0.25, 0.3) is 0 Å². The summed E-state index contributed by atoms with van der Waals surface area (Å²) < 4.78 is 4.50. The van der Waals surface area contributed by atoms with Crippen molar-refractivity contribution in [1.82, 2.24) is 0 Å². The predicted molar refractivity (Wildman–Crippen MR) is 40.0 cm³/mol. The van der Waals surface area contributed by atoms with Crippen LogP contribution in [0.4, 0.5) is 0 Å². The molecule has 1 heterocycles. The van der Waals surface area contributed by atoms with Gasteiger partial charge in [0.2, 0.25) is 0 Å². The van der Waals surface area contributed by atoms with Crippen LogP contribution in [0, 0.1) is 0 Å². The van der Waals surface area contributed by atoms with E-state index in [1.165, 1.54) is 0 Å². The Morgan fingerprint density at radius 1 is 1.25 bits per heavy atom. The molecule has 5 heteroatoms. The minimum absolute atomic E-state index is 1.00. The van der Waals surface area contributed by atoms with Crippen LogP contribution in [0.15, 0.2) is 0 Å². The normalized spacial score (nSPS) is 16.5. The molecule has 0 amide bonds. The van der Waals surface area contributed by atoms with Crippen molar-refractivity contribution in [2.75, 3.05) is 13.2 Å². The third kappa shape index (κ3) is 48.5. The van der Waals surface area contributed by atoms with E-state index in [1.54, 1.807) is 4.94 Å². The second-order valence-corrected chi connectivity index (χ2v) is 25.0. The Morgan fingerprint density at radius 3 is 1.38 bits per heavy atom. The molecule has 0 aromatic carbocycles. The van der Waals surface area contributed by atoms with Gasteiger partial charge in [0.15, 0.2) is 0 Å². The summed E-state index contributed by atoms with van der Waals surface area (Å²) in [6, 6.07) is 0. The van der Waals surface area contributed by atoms with Gasteiger partial charge in [0.05, 0.1) is 13.2 Å². The maximum atomic E-state index is 5.27. The zero-order valence-corrected chi connectivity index (χ0v) is 9.58. The molecule has 1 rings (SSSR count). The van der Waals surface area contributed by atoms with Crippen molar-refractivity contribution in [3.8, 4) is 0 Å². The summed E-state index contributed by atoms with van der Waals surface area (Å²) in [6.45, 7) is 2.00. The molecule has 0 aromatic heterocycles. The van der Waals surface area contributed by atoms with Gasteiger partial charge in [0.1, 0.15) is 0 Å². The van der Waals surface area contributed by atoms with Crippen LogP contribution in [0.1, 0.15) is 0 Å². The van der Waals surface area contributed by atoms with Gasteiger partial charge in [-0.3, -0.25) is 0 Å². The molecule has 0 saturated carbocycles. The molecule has 0 aromatic rings. The second kappa shape index (κ2) is 4.45. The van der Waals surface area contributed by atoms with Crippen LogP contribution < -0.4 is 0 Å². The molecule has 1 aliphatic rings. The zero-order chi connectivity index (χ0) is 6.62. The predicted octanol–water partition coefficient (Wildman–Crippen LogP) is 2.29. The molecular formula is C3H7Cl3OSn. The van der Waals surface area contributed by atoms with Crippen molar-refractivity contribution in [3.05, 3.63) is 0 Å². The van der Waals surface area contributed by atoms with Crippen LogP contribution in [0.3, 0.4) is 0 Å². The summed E-state index contributed by atoms with van der Waals surface area (Å²) in [5.74, 6) is 0. The van der Waals surface area contributed by atoms with Crippen molar-refractivity contribution >= 4 is 41.8 Å². The second-order valence-electron chi connectivity index (χ2n) is 1.39. The molecule has 8 heavy (non-hydrogen) atoms. The first-order valence-electron chi connectivity index (χ1n) is 2.14. The van der Waals surface area contributed by atoms with Crippen LogP contribution in [0.2, 0.25) is 4.94 Å². The third-order valence-corrected chi connectivity index (χ3v) is 0.204. The SMILES string of the molecule is C1CO1.[CH3][Sn]([Cl])([Cl])[Cl]. The number of ether oxygens (including phenoxy) is 1. The first kappa shape index (κ1) is 9.63. The fourth-order valence-corrected chi connectivity index (χ4v) is 0. The minimum atomic E-state index is -2.76. The van der Waals surface area contributed by atoms with E-state index in [1.807, 2.05) is 0 Å². The van der Waals surface area contributed by atoms with E-state index in [-0.39, 0.29) is 0 Å². The van der Waals surface area contributed by atoms with Crippen molar-refractivity contribution in [2.24, 2.45) is 0 Å². The molecule has 0 aliphatic carbocycles. The molecule has 0 spiro atoms. The number of halogens is 3. The average molecular weight is 284 g/mol. The van der Waals surface area contributed by atoms with Gasteiger partial charge in [-0.25, -0.2) is 0 Å². The third-order valence-electron chi connectivity index (χ3n) is 0.204. The summed E-state index contributed by atoms with van der Waals surface area (Å²) >= 11 is -2.76. The fraction of sp³-hybridized carbons (Fsp3) is 1.00. The first-order valence-corrected chi connectivity index (χ1v) is 15.8. The summed E-state index contributed by atoms with van der Waals surface area (Å²) in [7, 11) is 15.8. The molecule has 0 radical (unpaired) electrons. The van der Waals surface area contributed by atoms with E-state index in [4.69, 9.17) is 26.8 Å². The Balaban J connectivity index is 0.000000135. The van der Waals surface area contributed by atoms with Gasteiger partial charge in [-0.2, -0.15) is 0 Å². The number of hydrogen-bond donors (Lipinski definition) is 0. The van der Waals surface area contributed by atoms with Crippen molar-refractivity contribution in [1.29, 1.82) is 0 Å². The van der Waals surface area contributed by atoms with E-state index in [0.29, 0.717) is 0 Å². The van der Waals surface area contributed by atoms with Gasteiger partial charge in [-0.15, -0.1) is 0 Å². The topological polar surface area (TPSA) is 12.5 Å². The van der Waals surface area contributed by atoms with Gasteiger partial charge in [0.25, 0.3) is 0 Å². The molecule has 0 bridgehead atoms. The van der Waals surface area contributed by atoms with Crippen LogP contribution in [-0.2, 0) is 4.74 Å². The van der Waals surface area contributed by atoms with Crippen LogP contribution in [0.5, 0.6) is 0 Å². The Kier molecular flexibility index (Phi) is 5.35. The summed E-state index contributed by atoms with van der Waals surface area (Å²) in [4.78, 5) is 1.69. The number of epoxide rings is 1. The van der Waals surface area contributed by atoms with E-state index in [9.17, 15) is 0 Å². The maximum absolute atomic E-state index is 5.27. The number of hydrogen-bond acceptors (Lipinski definition) is 1. The molecule has 1 fully saturated rings. The molecule has 0 N–H and O–H groups in total. The van der Waals surface area contributed by atoms with Crippen molar-refractivity contribution in [3.63, 3.8) is 0 Å². The quantitative estimate of drug-likeness (QED) is 0.491. The standard InChI is InChI=1S/C2H4O.CH3.3ClH.Sn/c1-2-3-1;;;;;/h1-2H2;1H3;3*1H;/q;;;;;+3/p-3. The van der Waals surface area contributed by atoms with Crippen molar-refractivity contribution in [2.45, 2.75) is 4.94 Å².